The molecule has 0 saturated heterocycles. The van der Waals surface area contributed by atoms with E-state index in [1.54, 1.807) is 29.3 Å². The van der Waals surface area contributed by atoms with Crippen LogP contribution in [0.1, 0.15) is 27.9 Å². The molecule has 0 fully saturated rings. The summed E-state index contributed by atoms with van der Waals surface area (Å²) in [5, 5.41) is 0. The number of aromatic nitrogens is 1. The molecule has 5 rings (SSSR count). The van der Waals surface area contributed by atoms with Crippen LogP contribution in [0.3, 0.4) is 0 Å². The Hall–Kier alpha value is -3.43. The third-order valence-corrected chi connectivity index (χ3v) is 7.66. The Balaban J connectivity index is 1.27. The lowest BCUT2D eigenvalue weighted by Gasteiger charge is -2.34. The van der Waals surface area contributed by atoms with Gasteiger partial charge in [-0.25, -0.2) is 13.1 Å². The van der Waals surface area contributed by atoms with Crippen molar-refractivity contribution in [3.8, 4) is 11.5 Å². The molecule has 0 spiro atoms. The maximum absolute atomic E-state index is 13.2. The van der Waals surface area contributed by atoms with Crippen LogP contribution >= 0.6 is 0 Å². The van der Waals surface area contributed by atoms with Crippen molar-refractivity contribution < 1.29 is 22.7 Å². The highest BCUT2D eigenvalue weighted by Gasteiger charge is 2.33. The number of sulfonamides is 1. The number of fused-ring (bicyclic) bond motifs is 2. The number of carbonyl (C=O) groups excluding carboxylic acids is 1. The van der Waals surface area contributed by atoms with Gasteiger partial charge in [-0.3, -0.25) is 9.78 Å². The number of carbonyl (C=O) groups is 1. The van der Waals surface area contributed by atoms with Crippen LogP contribution in [0.2, 0.25) is 0 Å². The van der Waals surface area contributed by atoms with Gasteiger partial charge in [-0.15, -0.1) is 0 Å². The number of nitrogens with zero attached hydrogens (tertiary/aromatic N) is 2. The average Bonchev–Trinajstić information content (AvgIpc) is 2.87. The van der Waals surface area contributed by atoms with Crippen molar-refractivity contribution in [2.75, 3.05) is 13.2 Å². The van der Waals surface area contributed by atoms with E-state index in [1.807, 2.05) is 43.3 Å². The van der Waals surface area contributed by atoms with Gasteiger partial charge in [0.2, 0.25) is 16.1 Å². The summed E-state index contributed by atoms with van der Waals surface area (Å²) >= 11 is 0. The Morgan fingerprint density at radius 2 is 1.86 bits per heavy atom. The molecular formula is C26H27N3O5S. The van der Waals surface area contributed by atoms with Gasteiger partial charge in [-0.2, -0.15) is 0 Å². The summed E-state index contributed by atoms with van der Waals surface area (Å²) in [6, 6.07) is 16.4. The molecule has 1 unspecified atom stereocenters. The van der Waals surface area contributed by atoms with E-state index < -0.39 is 16.1 Å². The van der Waals surface area contributed by atoms with Gasteiger partial charge in [-0.05, 0) is 47.7 Å². The summed E-state index contributed by atoms with van der Waals surface area (Å²) in [6.45, 7) is 3.12. The molecule has 1 N–H and O–H groups in total. The predicted molar refractivity (Wildman–Crippen MR) is 130 cm³/mol. The molecule has 2 aliphatic heterocycles. The molecular weight excluding hydrogens is 466 g/mol. The maximum Gasteiger partial charge on any atom is 0.267 e. The number of rotatable bonds is 6. The minimum atomic E-state index is -3.51. The second-order valence-electron chi connectivity index (χ2n) is 8.77. The predicted octanol–water partition coefficient (Wildman–Crippen LogP) is 2.73. The van der Waals surface area contributed by atoms with Crippen LogP contribution in [0.4, 0.5) is 0 Å². The summed E-state index contributed by atoms with van der Waals surface area (Å²) in [7, 11) is -3.51. The zero-order valence-corrected chi connectivity index (χ0v) is 20.3. The number of ether oxygens (including phenoxy) is 2. The first-order chi connectivity index (χ1) is 16.9. The van der Waals surface area contributed by atoms with Crippen molar-refractivity contribution >= 4 is 15.9 Å². The van der Waals surface area contributed by atoms with E-state index in [9.17, 15) is 13.2 Å². The monoisotopic (exact) mass is 493 g/mol. The first-order valence-corrected chi connectivity index (χ1v) is 13.2. The largest absolute Gasteiger partial charge is 0.485 e. The number of pyridine rings is 1. The third-order valence-electron chi connectivity index (χ3n) is 6.36. The van der Waals surface area contributed by atoms with Crippen LogP contribution in [0, 0.1) is 6.92 Å². The van der Waals surface area contributed by atoms with Crippen molar-refractivity contribution in [2.45, 2.75) is 38.3 Å². The van der Waals surface area contributed by atoms with Gasteiger partial charge in [0.05, 0.1) is 5.75 Å². The van der Waals surface area contributed by atoms with Crippen LogP contribution < -0.4 is 14.2 Å². The van der Waals surface area contributed by atoms with Gasteiger partial charge >= 0.3 is 0 Å². The molecule has 8 nitrogen and oxygen atoms in total. The van der Waals surface area contributed by atoms with Gasteiger partial charge in [0.1, 0.15) is 6.61 Å². The summed E-state index contributed by atoms with van der Waals surface area (Å²) in [5.74, 6) is 0.997. The fraction of sp³-hybridized carbons (Fsp3) is 0.308. The smallest absolute Gasteiger partial charge is 0.267 e. The minimum absolute atomic E-state index is 0.0792. The second-order valence-corrected chi connectivity index (χ2v) is 10.6. The van der Waals surface area contributed by atoms with E-state index in [-0.39, 0.29) is 24.8 Å². The molecule has 0 bridgehead atoms. The molecule has 35 heavy (non-hydrogen) atoms. The topological polar surface area (TPSA) is 97.8 Å². The van der Waals surface area contributed by atoms with Crippen LogP contribution in [-0.2, 0) is 40.1 Å². The minimum Gasteiger partial charge on any atom is -0.485 e. The van der Waals surface area contributed by atoms with Crippen LogP contribution in [0.15, 0.2) is 60.8 Å². The maximum atomic E-state index is 13.2. The molecule has 3 aromatic rings. The van der Waals surface area contributed by atoms with Crippen molar-refractivity contribution in [2.24, 2.45) is 0 Å². The highest BCUT2D eigenvalue weighted by molar-refractivity contribution is 7.88. The lowest BCUT2D eigenvalue weighted by Crippen LogP contribution is -2.48. The number of benzene rings is 2. The number of hydrogen-bond acceptors (Lipinski definition) is 6. The van der Waals surface area contributed by atoms with Crippen molar-refractivity contribution in [3.63, 3.8) is 0 Å². The van der Waals surface area contributed by atoms with Crippen LogP contribution in [0.5, 0.6) is 11.5 Å². The Kier molecular flexibility index (Phi) is 6.44. The highest BCUT2D eigenvalue weighted by Crippen LogP contribution is 2.32. The van der Waals surface area contributed by atoms with Gasteiger partial charge in [0, 0.05) is 31.5 Å². The van der Waals surface area contributed by atoms with Gasteiger partial charge in [0.25, 0.3) is 5.91 Å². The van der Waals surface area contributed by atoms with Crippen molar-refractivity contribution in [1.82, 2.24) is 14.6 Å². The van der Waals surface area contributed by atoms with Gasteiger partial charge < -0.3 is 14.4 Å². The molecule has 2 aliphatic rings. The molecule has 1 amide bonds. The highest BCUT2D eigenvalue weighted by atomic mass is 32.2. The third kappa shape index (κ3) is 5.16. The van der Waals surface area contributed by atoms with E-state index >= 15 is 0 Å². The molecule has 1 aromatic heterocycles. The Morgan fingerprint density at radius 3 is 2.66 bits per heavy atom. The number of amides is 1. The second kappa shape index (κ2) is 9.67. The first kappa shape index (κ1) is 23.3. The SMILES string of the molecule is Cc1ncc2c(c1CNS(=O)(=O)Cc1ccccc1)CCN(C(=O)C1COc3ccccc3O1)C2. The first-order valence-electron chi connectivity index (χ1n) is 11.5. The fourth-order valence-corrected chi connectivity index (χ4v) is 5.61. The van der Waals surface area contributed by atoms with Crippen LogP contribution in [-0.4, -0.2) is 43.5 Å². The van der Waals surface area contributed by atoms with E-state index in [0.717, 1.165) is 27.9 Å². The number of aryl methyl sites for hydroxylation is 1. The number of nitrogens with one attached hydrogen (secondary N) is 1. The number of para-hydroxylation sites is 2. The zero-order valence-electron chi connectivity index (χ0n) is 19.4. The van der Waals surface area contributed by atoms with Gasteiger partial charge in [-0.1, -0.05) is 42.5 Å². The Morgan fingerprint density at radius 1 is 1.11 bits per heavy atom. The molecule has 1 atom stereocenters. The van der Waals surface area contributed by atoms with E-state index in [0.29, 0.717) is 31.0 Å². The summed E-state index contributed by atoms with van der Waals surface area (Å²) in [6.07, 6.45) is 1.69. The molecule has 3 heterocycles. The molecule has 0 saturated carbocycles. The van der Waals surface area contributed by atoms with E-state index in [1.165, 1.54) is 0 Å². The average molecular weight is 494 g/mol. The summed E-state index contributed by atoms with van der Waals surface area (Å²) < 4.78 is 39.6. The summed E-state index contributed by atoms with van der Waals surface area (Å²) in [5.41, 5.74) is 4.36. The van der Waals surface area contributed by atoms with Crippen molar-refractivity contribution in [1.29, 1.82) is 0 Å². The normalized spacial score (nSPS) is 17.1. The quantitative estimate of drug-likeness (QED) is 0.567. The molecule has 0 aliphatic carbocycles. The lowest BCUT2D eigenvalue weighted by molar-refractivity contribution is -0.142. The summed E-state index contributed by atoms with van der Waals surface area (Å²) in [4.78, 5) is 19.4. The molecule has 2 aromatic carbocycles. The van der Waals surface area contributed by atoms with Gasteiger partial charge in [0.15, 0.2) is 11.5 Å². The fourth-order valence-electron chi connectivity index (χ4n) is 4.52. The number of hydrogen-bond donors (Lipinski definition) is 1. The Labute approximate surface area is 204 Å². The van der Waals surface area contributed by atoms with E-state index in [2.05, 4.69) is 9.71 Å². The van der Waals surface area contributed by atoms with E-state index in [4.69, 9.17) is 9.47 Å². The van der Waals surface area contributed by atoms with Crippen molar-refractivity contribution in [3.05, 3.63) is 88.7 Å². The molecule has 9 heteroatoms. The zero-order chi connectivity index (χ0) is 24.4. The lowest BCUT2D eigenvalue weighted by atomic mass is 9.95. The standard InChI is InChI=1S/C26H27N3O5S/c1-18-22(14-28-35(31,32)17-19-7-3-2-4-8-19)21-11-12-29(15-20(21)13-27-18)26(30)25-16-33-23-9-5-6-10-24(23)34-25/h2-10,13,25,28H,11-12,14-17H2,1H3. The molecule has 0 radical (unpaired) electrons. The van der Waals surface area contributed by atoms with Crippen LogP contribution in [0.25, 0.3) is 0 Å². The Bertz CT molecular complexity index is 1340. The molecule has 182 valence electrons.